The monoisotopic (exact) mass is 390 g/mol. The summed E-state index contributed by atoms with van der Waals surface area (Å²) in [5.74, 6) is -0.0486. The van der Waals surface area contributed by atoms with Crippen LogP contribution in [-0.2, 0) is 11.2 Å². The summed E-state index contributed by atoms with van der Waals surface area (Å²) >= 11 is 1.19. The van der Waals surface area contributed by atoms with Crippen molar-refractivity contribution in [2.24, 2.45) is 5.92 Å². The van der Waals surface area contributed by atoms with Gasteiger partial charge in [-0.2, -0.15) is 0 Å². The van der Waals surface area contributed by atoms with Crippen molar-refractivity contribution >= 4 is 16.9 Å². The second-order valence-corrected chi connectivity index (χ2v) is 8.48. The van der Waals surface area contributed by atoms with Crippen LogP contribution in [0.25, 0.3) is 0 Å². The predicted molar refractivity (Wildman–Crippen MR) is 116 cm³/mol. The van der Waals surface area contributed by atoms with Gasteiger partial charge in [0.1, 0.15) is 0 Å². The number of aliphatic hydroxyl groups excluding tert-OH is 1. The molecular formula is C25H26O2S. The van der Waals surface area contributed by atoms with E-state index in [1.165, 1.54) is 17.3 Å². The highest BCUT2D eigenvalue weighted by molar-refractivity contribution is 8.13. The minimum absolute atomic E-state index is 0.0563. The number of hydrogen-bond donors (Lipinski definition) is 1. The van der Waals surface area contributed by atoms with Crippen molar-refractivity contribution in [1.82, 2.24) is 0 Å². The number of hydrogen-bond acceptors (Lipinski definition) is 3. The zero-order valence-corrected chi connectivity index (χ0v) is 17.1. The zero-order valence-electron chi connectivity index (χ0n) is 16.3. The zero-order chi connectivity index (χ0) is 19.9. The van der Waals surface area contributed by atoms with Crippen molar-refractivity contribution in [3.63, 3.8) is 0 Å². The van der Waals surface area contributed by atoms with E-state index in [4.69, 9.17) is 0 Å². The van der Waals surface area contributed by atoms with Crippen LogP contribution in [0.1, 0.15) is 42.6 Å². The average Bonchev–Trinajstić information content (AvgIpc) is 2.70. The Morgan fingerprint density at radius 3 is 1.96 bits per heavy atom. The van der Waals surface area contributed by atoms with Crippen molar-refractivity contribution in [2.45, 2.75) is 37.2 Å². The normalized spacial score (nSPS) is 13.3. The molecule has 28 heavy (non-hydrogen) atoms. The van der Waals surface area contributed by atoms with Gasteiger partial charge in [-0.3, -0.25) is 4.79 Å². The third-order valence-corrected chi connectivity index (χ3v) is 5.62. The van der Waals surface area contributed by atoms with Gasteiger partial charge in [0.2, 0.25) is 5.12 Å². The molecule has 2 atom stereocenters. The molecule has 0 spiro atoms. The highest BCUT2D eigenvalue weighted by Gasteiger charge is 2.30. The van der Waals surface area contributed by atoms with Gasteiger partial charge in [0.05, 0.1) is 12.0 Å². The summed E-state index contributed by atoms with van der Waals surface area (Å²) in [6.45, 7) is 4.38. The van der Waals surface area contributed by atoms with E-state index in [1.54, 1.807) is 0 Å². The van der Waals surface area contributed by atoms with Crippen LogP contribution in [0.15, 0.2) is 89.8 Å². The van der Waals surface area contributed by atoms with E-state index < -0.39 is 12.0 Å². The Morgan fingerprint density at radius 2 is 1.39 bits per heavy atom. The molecular weight excluding hydrogens is 364 g/mol. The Balaban J connectivity index is 1.90. The van der Waals surface area contributed by atoms with E-state index >= 15 is 0 Å². The van der Waals surface area contributed by atoms with Crippen LogP contribution in [0.5, 0.6) is 0 Å². The van der Waals surface area contributed by atoms with Crippen molar-refractivity contribution in [3.8, 4) is 0 Å². The summed E-state index contributed by atoms with van der Waals surface area (Å²) in [6.07, 6.45) is 0.111. The maximum Gasteiger partial charge on any atom is 0.204 e. The molecule has 3 aromatic carbocycles. The fourth-order valence-electron chi connectivity index (χ4n) is 3.29. The number of carbonyl (C=O) groups excluding carboxylic acids is 1. The number of rotatable bonds is 7. The Hall–Kier alpha value is -2.36. The van der Waals surface area contributed by atoms with E-state index in [1.807, 2.05) is 72.8 Å². The Morgan fingerprint density at radius 1 is 0.821 bits per heavy atom. The fraction of sp³-hybridized carbons (Fsp3) is 0.240. The molecule has 1 N–H and O–H groups in total. The quantitative estimate of drug-likeness (QED) is 0.501. The Kier molecular flexibility index (Phi) is 7.07. The molecule has 0 aliphatic heterocycles. The van der Waals surface area contributed by atoms with Gasteiger partial charge in [0, 0.05) is 4.90 Å². The van der Waals surface area contributed by atoms with Crippen LogP contribution in [-0.4, -0.2) is 10.2 Å². The van der Waals surface area contributed by atoms with E-state index in [0.29, 0.717) is 5.92 Å². The molecule has 3 heteroatoms. The van der Waals surface area contributed by atoms with E-state index in [2.05, 4.69) is 26.0 Å². The summed E-state index contributed by atoms with van der Waals surface area (Å²) in [4.78, 5) is 14.1. The minimum Gasteiger partial charge on any atom is -0.387 e. The van der Waals surface area contributed by atoms with Crippen molar-refractivity contribution < 1.29 is 9.90 Å². The lowest BCUT2D eigenvalue weighted by atomic mass is 9.89. The summed E-state index contributed by atoms with van der Waals surface area (Å²) in [5, 5.41) is 11.0. The standard InChI is InChI=1S/C25H26O2S/c1-18(2)17-19-13-15-20(16-14-19)23(24(26)21-9-5-3-6-10-21)25(27)28-22-11-7-4-8-12-22/h3-16,18,23-24,26H,17H2,1-2H3/t23-,24+/m1/s1. The minimum atomic E-state index is -0.888. The topological polar surface area (TPSA) is 37.3 Å². The van der Waals surface area contributed by atoms with Crippen molar-refractivity contribution in [1.29, 1.82) is 0 Å². The second-order valence-electron chi connectivity index (χ2n) is 7.41. The second kappa shape index (κ2) is 9.72. The molecule has 0 heterocycles. The molecule has 0 aromatic heterocycles. The lowest BCUT2D eigenvalue weighted by Gasteiger charge is -2.23. The molecule has 3 aromatic rings. The van der Waals surface area contributed by atoms with E-state index in [0.717, 1.165) is 22.4 Å². The van der Waals surface area contributed by atoms with Crippen LogP contribution in [0, 0.1) is 5.92 Å². The van der Waals surface area contributed by atoms with Gasteiger partial charge in [-0.05, 0) is 41.2 Å². The molecule has 0 saturated carbocycles. The average molecular weight is 391 g/mol. The number of benzene rings is 3. The van der Waals surface area contributed by atoms with Crippen LogP contribution < -0.4 is 0 Å². The first-order chi connectivity index (χ1) is 13.5. The molecule has 3 rings (SSSR count). The first kappa shape index (κ1) is 20.4. The smallest absolute Gasteiger partial charge is 0.204 e. The maximum atomic E-state index is 13.2. The molecule has 0 amide bonds. The van der Waals surface area contributed by atoms with Gasteiger partial charge in [-0.15, -0.1) is 0 Å². The van der Waals surface area contributed by atoms with Crippen LogP contribution in [0.2, 0.25) is 0 Å². The van der Waals surface area contributed by atoms with Gasteiger partial charge in [0.15, 0.2) is 0 Å². The SMILES string of the molecule is CC(C)Cc1ccc([C@@H](C(=O)Sc2ccccc2)[C@@H](O)c2ccccc2)cc1. The van der Waals surface area contributed by atoms with Gasteiger partial charge >= 0.3 is 0 Å². The summed E-state index contributed by atoms with van der Waals surface area (Å²) in [6, 6.07) is 27.1. The lowest BCUT2D eigenvalue weighted by Crippen LogP contribution is -2.18. The summed E-state index contributed by atoms with van der Waals surface area (Å²) in [5.41, 5.74) is 2.84. The molecule has 0 fully saturated rings. The van der Waals surface area contributed by atoms with Gasteiger partial charge in [-0.25, -0.2) is 0 Å². The molecule has 0 radical (unpaired) electrons. The van der Waals surface area contributed by atoms with Gasteiger partial charge in [-0.1, -0.05) is 98.4 Å². The fourth-order valence-corrected chi connectivity index (χ4v) is 4.21. The van der Waals surface area contributed by atoms with Crippen molar-refractivity contribution in [3.05, 3.63) is 102 Å². The van der Waals surface area contributed by atoms with E-state index in [9.17, 15) is 9.90 Å². The molecule has 0 bridgehead atoms. The third-order valence-electron chi connectivity index (χ3n) is 4.66. The van der Waals surface area contributed by atoms with Gasteiger partial charge < -0.3 is 5.11 Å². The molecule has 0 aliphatic carbocycles. The van der Waals surface area contributed by atoms with Gasteiger partial charge in [0.25, 0.3) is 0 Å². The van der Waals surface area contributed by atoms with Crippen LogP contribution in [0.4, 0.5) is 0 Å². The highest BCUT2D eigenvalue weighted by atomic mass is 32.2. The Labute approximate surface area is 171 Å². The molecule has 144 valence electrons. The first-order valence-corrected chi connectivity index (χ1v) is 10.4. The van der Waals surface area contributed by atoms with Crippen molar-refractivity contribution in [2.75, 3.05) is 0 Å². The number of aliphatic hydroxyl groups is 1. The highest BCUT2D eigenvalue weighted by Crippen LogP contribution is 2.37. The number of carbonyl (C=O) groups is 1. The number of thioether (sulfide) groups is 1. The third kappa shape index (κ3) is 5.34. The van der Waals surface area contributed by atoms with E-state index in [-0.39, 0.29) is 5.12 Å². The molecule has 0 unspecified atom stereocenters. The largest absolute Gasteiger partial charge is 0.387 e. The van der Waals surface area contributed by atoms with Crippen LogP contribution in [0.3, 0.4) is 0 Å². The van der Waals surface area contributed by atoms with Crippen LogP contribution >= 0.6 is 11.8 Å². The Bertz CT molecular complexity index is 873. The first-order valence-electron chi connectivity index (χ1n) is 9.63. The predicted octanol–water partition coefficient (Wildman–Crippen LogP) is 6.02. The molecule has 0 aliphatic rings. The lowest BCUT2D eigenvalue weighted by molar-refractivity contribution is -0.114. The molecule has 0 saturated heterocycles. The molecule has 2 nitrogen and oxygen atoms in total. The summed E-state index contributed by atoms with van der Waals surface area (Å²) in [7, 11) is 0. The summed E-state index contributed by atoms with van der Waals surface area (Å²) < 4.78 is 0. The maximum absolute atomic E-state index is 13.2.